The molecule has 1 fully saturated rings. The van der Waals surface area contributed by atoms with Gasteiger partial charge in [0.2, 0.25) is 0 Å². The van der Waals surface area contributed by atoms with Gasteiger partial charge in [-0.2, -0.15) is 0 Å². The van der Waals surface area contributed by atoms with Crippen LogP contribution in [0.5, 0.6) is 5.75 Å². The Kier molecular flexibility index (Phi) is 13.8. The minimum atomic E-state index is -0.391. The quantitative estimate of drug-likeness (QED) is 0.253. The summed E-state index contributed by atoms with van der Waals surface area (Å²) in [5.74, 6) is 0.984. The Hall–Kier alpha value is -2.24. The number of methoxy groups -OCH3 is 2. The summed E-state index contributed by atoms with van der Waals surface area (Å²) in [5.41, 5.74) is 4.57. The van der Waals surface area contributed by atoms with Gasteiger partial charge in [-0.3, -0.25) is 0 Å². The smallest absolute Gasteiger partial charge is 0.142 e. The zero-order valence-corrected chi connectivity index (χ0v) is 25.6. The van der Waals surface area contributed by atoms with E-state index >= 15 is 0 Å². The van der Waals surface area contributed by atoms with E-state index in [0.29, 0.717) is 46.1 Å². The first-order valence-electron chi connectivity index (χ1n) is 15.4. The molecule has 0 bridgehead atoms. The van der Waals surface area contributed by atoms with Gasteiger partial charge in [0.05, 0.1) is 43.8 Å². The van der Waals surface area contributed by atoms with Crippen LogP contribution in [0.2, 0.25) is 0 Å². The zero-order valence-electron chi connectivity index (χ0n) is 25.6. The molecule has 0 aromatic heterocycles. The van der Waals surface area contributed by atoms with Gasteiger partial charge in [0.25, 0.3) is 0 Å². The second-order valence-electron chi connectivity index (χ2n) is 11.2. The number of fused-ring (bicyclic) bond motifs is 1. The highest BCUT2D eigenvalue weighted by Crippen LogP contribution is 2.34. The summed E-state index contributed by atoms with van der Waals surface area (Å²) in [6.07, 6.45) is 1.94. The number of nitrogens with zero attached hydrogens (tertiary/aromatic N) is 1. The molecule has 0 saturated carbocycles. The van der Waals surface area contributed by atoms with Gasteiger partial charge in [-0.15, -0.1) is 0 Å². The van der Waals surface area contributed by atoms with Crippen molar-refractivity contribution in [2.75, 3.05) is 78.3 Å². The van der Waals surface area contributed by atoms with E-state index < -0.39 is 6.10 Å². The van der Waals surface area contributed by atoms with E-state index in [2.05, 4.69) is 52.7 Å². The maximum absolute atomic E-state index is 9.78. The standard InChI is InChI=1S/C33H50N2O7/c1-25(36)12-18-40-31-21-34-22-32(33(31)28-9-6-26(7-10-28)23-39-17-5-16-38-3)42-24-27-8-11-30-29(20-27)35(14-19-41-30)13-4-15-37-2/h6-11,20,25,31-34,36H,4-5,12-19,21-24H2,1-3H3/t25?,31-,32+,33+/m1/s1. The SMILES string of the molecule is COCCCOCc1ccc([C@@H]2[C@@H](OCc3ccc4c(c3)N(CCCOC)CCO4)CNC[C@H]2OCCC(C)O)cc1. The third kappa shape index (κ3) is 9.91. The summed E-state index contributed by atoms with van der Waals surface area (Å²) >= 11 is 0. The Morgan fingerprint density at radius 1 is 0.905 bits per heavy atom. The lowest BCUT2D eigenvalue weighted by Crippen LogP contribution is -2.50. The number of aliphatic hydroxyl groups excluding tert-OH is 1. The summed E-state index contributed by atoms with van der Waals surface area (Å²) in [7, 11) is 3.45. The summed E-state index contributed by atoms with van der Waals surface area (Å²) in [6, 6.07) is 15.0. The molecule has 234 valence electrons. The molecule has 2 aliphatic rings. The molecule has 2 aromatic rings. The topological polar surface area (TPSA) is 90.9 Å². The van der Waals surface area contributed by atoms with Crippen LogP contribution in [0.3, 0.4) is 0 Å². The summed E-state index contributed by atoms with van der Waals surface area (Å²) in [4.78, 5) is 2.38. The van der Waals surface area contributed by atoms with Crippen molar-refractivity contribution in [1.82, 2.24) is 5.32 Å². The number of hydrogen-bond acceptors (Lipinski definition) is 9. The second kappa shape index (κ2) is 17.8. The van der Waals surface area contributed by atoms with Crippen molar-refractivity contribution in [1.29, 1.82) is 0 Å². The van der Waals surface area contributed by atoms with E-state index in [4.69, 9.17) is 28.4 Å². The van der Waals surface area contributed by atoms with Crippen LogP contribution in [-0.4, -0.2) is 96.9 Å². The lowest BCUT2D eigenvalue weighted by molar-refractivity contribution is -0.0639. The number of aliphatic hydroxyl groups is 1. The minimum absolute atomic E-state index is 0.0587. The molecule has 0 aliphatic carbocycles. The van der Waals surface area contributed by atoms with Gasteiger partial charge in [0, 0.05) is 66.2 Å². The van der Waals surface area contributed by atoms with Gasteiger partial charge in [-0.05, 0) is 55.0 Å². The molecular weight excluding hydrogens is 536 g/mol. The van der Waals surface area contributed by atoms with Gasteiger partial charge >= 0.3 is 0 Å². The number of hydrogen-bond donors (Lipinski definition) is 2. The molecule has 1 unspecified atom stereocenters. The Bertz CT molecular complexity index is 1040. The summed E-state index contributed by atoms with van der Waals surface area (Å²) in [5, 5.41) is 13.3. The number of ether oxygens (including phenoxy) is 6. The third-order valence-electron chi connectivity index (χ3n) is 7.85. The van der Waals surface area contributed by atoms with E-state index in [1.807, 2.05) is 0 Å². The number of anilines is 1. The molecule has 4 rings (SSSR count). The van der Waals surface area contributed by atoms with E-state index in [9.17, 15) is 5.11 Å². The fourth-order valence-corrected chi connectivity index (χ4v) is 5.58. The summed E-state index contributed by atoms with van der Waals surface area (Å²) < 4.78 is 35.1. The van der Waals surface area contributed by atoms with Gasteiger partial charge in [-0.1, -0.05) is 30.3 Å². The molecule has 0 spiro atoms. The molecule has 2 heterocycles. The van der Waals surface area contributed by atoms with Gasteiger partial charge in [-0.25, -0.2) is 0 Å². The molecular formula is C33H50N2O7. The van der Waals surface area contributed by atoms with Crippen molar-refractivity contribution in [3.63, 3.8) is 0 Å². The lowest BCUT2D eigenvalue weighted by atomic mass is 9.85. The summed E-state index contributed by atoms with van der Waals surface area (Å²) in [6.45, 7) is 9.48. The van der Waals surface area contributed by atoms with Gasteiger partial charge in [0.1, 0.15) is 12.4 Å². The predicted molar refractivity (Wildman–Crippen MR) is 163 cm³/mol. The van der Waals surface area contributed by atoms with Crippen LogP contribution in [0.25, 0.3) is 0 Å². The first-order valence-corrected chi connectivity index (χ1v) is 15.4. The molecule has 9 nitrogen and oxygen atoms in total. The van der Waals surface area contributed by atoms with Crippen LogP contribution in [0.1, 0.15) is 48.8 Å². The van der Waals surface area contributed by atoms with E-state index in [0.717, 1.165) is 68.2 Å². The fraction of sp³-hybridized carbons (Fsp3) is 0.636. The highest BCUT2D eigenvalue weighted by Gasteiger charge is 2.36. The van der Waals surface area contributed by atoms with Crippen LogP contribution in [-0.2, 0) is 36.9 Å². The highest BCUT2D eigenvalue weighted by molar-refractivity contribution is 5.61. The van der Waals surface area contributed by atoms with E-state index in [1.165, 1.54) is 5.56 Å². The normalized spacial score (nSPS) is 21.1. The Morgan fingerprint density at radius 2 is 1.64 bits per heavy atom. The Balaban J connectivity index is 1.44. The molecule has 42 heavy (non-hydrogen) atoms. The maximum Gasteiger partial charge on any atom is 0.142 e. The number of benzene rings is 2. The number of nitrogens with one attached hydrogen (secondary N) is 1. The van der Waals surface area contributed by atoms with Gasteiger partial charge < -0.3 is 43.7 Å². The average Bonchev–Trinajstić information content (AvgIpc) is 3.00. The first-order chi connectivity index (χ1) is 20.6. The molecule has 9 heteroatoms. The maximum atomic E-state index is 9.78. The van der Waals surface area contributed by atoms with Crippen LogP contribution < -0.4 is 15.0 Å². The zero-order chi connectivity index (χ0) is 29.6. The monoisotopic (exact) mass is 586 g/mol. The number of rotatable bonds is 18. The average molecular weight is 587 g/mol. The Morgan fingerprint density at radius 3 is 2.40 bits per heavy atom. The molecule has 0 radical (unpaired) electrons. The predicted octanol–water partition coefficient (Wildman–Crippen LogP) is 3.90. The third-order valence-corrected chi connectivity index (χ3v) is 7.85. The van der Waals surface area contributed by atoms with Crippen LogP contribution in [0.15, 0.2) is 42.5 Å². The fourth-order valence-electron chi connectivity index (χ4n) is 5.58. The van der Waals surface area contributed by atoms with Crippen LogP contribution in [0, 0.1) is 0 Å². The largest absolute Gasteiger partial charge is 0.490 e. The molecule has 2 N–H and O–H groups in total. The molecule has 0 amide bonds. The minimum Gasteiger partial charge on any atom is -0.490 e. The number of piperidine rings is 1. The van der Waals surface area contributed by atoms with Crippen molar-refractivity contribution >= 4 is 5.69 Å². The molecule has 4 atom stereocenters. The first kappa shape index (κ1) is 32.7. The van der Waals surface area contributed by atoms with E-state index in [1.54, 1.807) is 21.1 Å². The highest BCUT2D eigenvalue weighted by atomic mass is 16.5. The van der Waals surface area contributed by atoms with Crippen molar-refractivity contribution < 1.29 is 33.5 Å². The lowest BCUT2D eigenvalue weighted by Gasteiger charge is -2.39. The molecule has 2 aromatic carbocycles. The van der Waals surface area contributed by atoms with Crippen LogP contribution in [0.4, 0.5) is 5.69 Å². The van der Waals surface area contributed by atoms with Crippen LogP contribution >= 0.6 is 0 Å². The van der Waals surface area contributed by atoms with E-state index in [-0.39, 0.29) is 18.1 Å². The van der Waals surface area contributed by atoms with Crippen molar-refractivity contribution in [2.45, 2.75) is 63.6 Å². The van der Waals surface area contributed by atoms with Crippen molar-refractivity contribution in [2.24, 2.45) is 0 Å². The second-order valence-corrected chi connectivity index (χ2v) is 11.2. The van der Waals surface area contributed by atoms with Gasteiger partial charge in [0.15, 0.2) is 0 Å². The molecule has 2 aliphatic heterocycles. The van der Waals surface area contributed by atoms with Crippen molar-refractivity contribution in [3.8, 4) is 5.75 Å². The Labute approximate surface area is 251 Å². The molecule has 1 saturated heterocycles. The van der Waals surface area contributed by atoms with Crippen molar-refractivity contribution in [3.05, 3.63) is 59.2 Å².